The van der Waals surface area contributed by atoms with Gasteiger partial charge in [-0.15, -0.1) is 0 Å². The minimum Gasteiger partial charge on any atom is -0.481 e. The Bertz CT molecular complexity index is 511. The number of rotatable bonds is 4. The number of halogens is 1. The zero-order valence-electron chi connectivity index (χ0n) is 11.0. The molecule has 0 spiro atoms. The summed E-state index contributed by atoms with van der Waals surface area (Å²) in [5, 5.41) is 8.93. The fourth-order valence-electron chi connectivity index (χ4n) is 3.02. The van der Waals surface area contributed by atoms with Crippen LogP contribution in [0, 0.1) is 24.7 Å². The fraction of sp³-hybridized carbons (Fsp3) is 0.533. The van der Waals surface area contributed by atoms with E-state index < -0.39 is 5.97 Å². The predicted octanol–water partition coefficient (Wildman–Crippen LogP) is 2.91. The topological polar surface area (TPSA) is 40.5 Å². The standard InChI is InChI=1S/C15H18BrNO2/c1-9-2-3-10(4-14(9)16)6-17-7-11(8-17)12-5-13(12)15(18)19/h2-4,11-13H,5-8H2,1H3,(H,18,19)/t12-,13+/m0/s1. The molecule has 1 saturated heterocycles. The lowest BCUT2D eigenvalue weighted by atomic mass is 9.92. The zero-order valence-corrected chi connectivity index (χ0v) is 12.6. The molecule has 2 fully saturated rings. The summed E-state index contributed by atoms with van der Waals surface area (Å²) in [4.78, 5) is 13.2. The molecule has 0 amide bonds. The van der Waals surface area contributed by atoms with E-state index in [0.29, 0.717) is 11.8 Å². The number of hydrogen-bond donors (Lipinski definition) is 1. The molecule has 19 heavy (non-hydrogen) atoms. The highest BCUT2D eigenvalue weighted by Crippen LogP contribution is 2.47. The Hall–Kier alpha value is -0.870. The van der Waals surface area contributed by atoms with Crippen LogP contribution in [0.25, 0.3) is 0 Å². The van der Waals surface area contributed by atoms with Gasteiger partial charge in [-0.2, -0.15) is 0 Å². The van der Waals surface area contributed by atoms with Gasteiger partial charge in [0.2, 0.25) is 0 Å². The fourth-order valence-corrected chi connectivity index (χ4v) is 3.45. The van der Waals surface area contributed by atoms with E-state index in [9.17, 15) is 4.79 Å². The molecule has 1 aliphatic heterocycles. The highest BCUT2D eigenvalue weighted by Gasteiger charge is 2.51. The monoisotopic (exact) mass is 323 g/mol. The highest BCUT2D eigenvalue weighted by molar-refractivity contribution is 9.10. The third kappa shape index (κ3) is 2.70. The minimum atomic E-state index is -0.606. The van der Waals surface area contributed by atoms with Crippen LogP contribution in [0.3, 0.4) is 0 Å². The second-order valence-corrected chi connectivity index (χ2v) is 6.74. The van der Waals surface area contributed by atoms with Crippen molar-refractivity contribution in [2.24, 2.45) is 17.8 Å². The van der Waals surface area contributed by atoms with Gasteiger partial charge < -0.3 is 5.11 Å². The lowest BCUT2D eigenvalue weighted by Gasteiger charge is -2.40. The summed E-state index contributed by atoms with van der Waals surface area (Å²) >= 11 is 3.56. The van der Waals surface area contributed by atoms with Gasteiger partial charge in [0.25, 0.3) is 0 Å². The summed E-state index contributed by atoms with van der Waals surface area (Å²) in [6.45, 7) is 5.17. The van der Waals surface area contributed by atoms with Crippen LogP contribution in [0.2, 0.25) is 0 Å². The van der Waals surface area contributed by atoms with E-state index in [1.54, 1.807) is 0 Å². The number of likely N-dealkylation sites (tertiary alicyclic amines) is 1. The maximum Gasteiger partial charge on any atom is 0.306 e. The van der Waals surface area contributed by atoms with E-state index in [1.807, 2.05) is 0 Å². The molecule has 1 N–H and O–H groups in total. The molecular weight excluding hydrogens is 306 g/mol. The Morgan fingerprint density at radius 3 is 2.79 bits per heavy atom. The average Bonchev–Trinajstić information content (AvgIpc) is 3.07. The molecule has 4 heteroatoms. The zero-order chi connectivity index (χ0) is 13.6. The van der Waals surface area contributed by atoms with E-state index in [0.717, 1.165) is 30.5 Å². The van der Waals surface area contributed by atoms with Gasteiger partial charge in [0, 0.05) is 24.1 Å². The number of carbonyl (C=O) groups is 1. The SMILES string of the molecule is Cc1ccc(CN2CC([C@@H]3C[C@H]3C(=O)O)C2)cc1Br. The maximum atomic E-state index is 10.8. The Balaban J connectivity index is 1.49. The molecule has 3 nitrogen and oxygen atoms in total. The molecule has 102 valence electrons. The van der Waals surface area contributed by atoms with Gasteiger partial charge in [0.05, 0.1) is 5.92 Å². The van der Waals surface area contributed by atoms with E-state index >= 15 is 0 Å². The highest BCUT2D eigenvalue weighted by atomic mass is 79.9. The Morgan fingerprint density at radius 2 is 2.21 bits per heavy atom. The van der Waals surface area contributed by atoms with Gasteiger partial charge >= 0.3 is 5.97 Å². The van der Waals surface area contributed by atoms with Crippen molar-refractivity contribution in [1.82, 2.24) is 4.90 Å². The molecule has 2 atom stereocenters. The minimum absolute atomic E-state index is 0.0549. The summed E-state index contributed by atoms with van der Waals surface area (Å²) in [7, 11) is 0. The maximum absolute atomic E-state index is 10.8. The van der Waals surface area contributed by atoms with Crippen LogP contribution in [0.4, 0.5) is 0 Å². The van der Waals surface area contributed by atoms with Crippen molar-refractivity contribution in [2.75, 3.05) is 13.1 Å². The molecular formula is C15H18BrNO2. The van der Waals surface area contributed by atoms with Gasteiger partial charge in [0.15, 0.2) is 0 Å². The molecule has 2 aliphatic rings. The quantitative estimate of drug-likeness (QED) is 0.926. The van der Waals surface area contributed by atoms with E-state index in [2.05, 4.69) is 46.0 Å². The molecule has 1 saturated carbocycles. The average molecular weight is 324 g/mol. The molecule has 3 rings (SSSR count). The number of nitrogens with zero attached hydrogens (tertiary/aromatic N) is 1. The van der Waals surface area contributed by atoms with Gasteiger partial charge in [-0.3, -0.25) is 9.69 Å². The third-order valence-electron chi connectivity index (χ3n) is 4.39. The number of aliphatic carboxylic acids is 1. The van der Waals surface area contributed by atoms with Gasteiger partial charge in [-0.05, 0) is 42.4 Å². The second kappa shape index (κ2) is 4.91. The summed E-state index contributed by atoms with van der Waals surface area (Å²) in [6, 6.07) is 6.49. The Labute approximate surface area is 121 Å². The number of benzene rings is 1. The first-order chi connectivity index (χ1) is 9.04. The first-order valence-electron chi connectivity index (χ1n) is 6.75. The number of carboxylic acid groups (broad SMARTS) is 1. The van der Waals surface area contributed by atoms with Crippen molar-refractivity contribution in [3.8, 4) is 0 Å². The second-order valence-electron chi connectivity index (χ2n) is 5.88. The van der Waals surface area contributed by atoms with Crippen LogP contribution in [-0.2, 0) is 11.3 Å². The summed E-state index contributed by atoms with van der Waals surface area (Å²) in [5.74, 6) is 0.389. The van der Waals surface area contributed by atoms with Crippen molar-refractivity contribution in [3.05, 3.63) is 33.8 Å². The van der Waals surface area contributed by atoms with Crippen molar-refractivity contribution in [1.29, 1.82) is 0 Å². The van der Waals surface area contributed by atoms with E-state index in [4.69, 9.17) is 5.11 Å². The summed E-state index contributed by atoms with van der Waals surface area (Å²) in [6.07, 6.45) is 0.893. The molecule has 1 aromatic carbocycles. The van der Waals surface area contributed by atoms with Gasteiger partial charge in [0.1, 0.15) is 0 Å². The summed E-state index contributed by atoms with van der Waals surface area (Å²) in [5.41, 5.74) is 2.58. The first-order valence-corrected chi connectivity index (χ1v) is 7.54. The lowest BCUT2D eigenvalue weighted by molar-refractivity contribution is -0.139. The van der Waals surface area contributed by atoms with Crippen molar-refractivity contribution in [2.45, 2.75) is 19.9 Å². The van der Waals surface area contributed by atoms with Crippen LogP contribution in [0.1, 0.15) is 17.5 Å². The molecule has 1 aliphatic carbocycles. The van der Waals surface area contributed by atoms with Crippen molar-refractivity contribution >= 4 is 21.9 Å². The molecule has 1 aromatic rings. The Kier molecular flexibility index (Phi) is 3.39. The number of hydrogen-bond acceptors (Lipinski definition) is 2. The predicted molar refractivity (Wildman–Crippen MR) is 76.9 cm³/mol. The molecule has 0 aromatic heterocycles. The Morgan fingerprint density at radius 1 is 1.47 bits per heavy atom. The first kappa shape index (κ1) is 13.1. The normalized spacial score (nSPS) is 27.1. The lowest BCUT2D eigenvalue weighted by Crippen LogP contribution is -2.47. The van der Waals surface area contributed by atoms with E-state index in [1.165, 1.54) is 11.1 Å². The molecule has 0 bridgehead atoms. The van der Waals surface area contributed by atoms with Crippen LogP contribution < -0.4 is 0 Å². The number of carboxylic acids is 1. The molecule has 0 unspecified atom stereocenters. The molecule has 0 radical (unpaired) electrons. The molecule has 1 heterocycles. The smallest absolute Gasteiger partial charge is 0.306 e. The van der Waals surface area contributed by atoms with Crippen molar-refractivity contribution in [3.63, 3.8) is 0 Å². The number of aryl methyl sites for hydroxylation is 1. The van der Waals surface area contributed by atoms with E-state index in [-0.39, 0.29) is 5.92 Å². The van der Waals surface area contributed by atoms with Crippen molar-refractivity contribution < 1.29 is 9.90 Å². The van der Waals surface area contributed by atoms with Crippen LogP contribution in [0.15, 0.2) is 22.7 Å². The largest absolute Gasteiger partial charge is 0.481 e. The van der Waals surface area contributed by atoms with Crippen LogP contribution >= 0.6 is 15.9 Å². The van der Waals surface area contributed by atoms with Gasteiger partial charge in [-0.25, -0.2) is 0 Å². The van der Waals surface area contributed by atoms with Crippen LogP contribution in [0.5, 0.6) is 0 Å². The van der Waals surface area contributed by atoms with Gasteiger partial charge in [-0.1, -0.05) is 28.1 Å². The summed E-state index contributed by atoms with van der Waals surface area (Å²) < 4.78 is 1.16. The third-order valence-corrected chi connectivity index (χ3v) is 5.24. The van der Waals surface area contributed by atoms with Crippen LogP contribution in [-0.4, -0.2) is 29.1 Å².